The van der Waals surface area contributed by atoms with Crippen LogP contribution in [0.4, 0.5) is 0 Å². The van der Waals surface area contributed by atoms with E-state index in [0.29, 0.717) is 6.54 Å². The molecular formula is C15H26ClN3O. The minimum absolute atomic E-state index is 0. The van der Waals surface area contributed by atoms with Gasteiger partial charge in [0.15, 0.2) is 0 Å². The lowest BCUT2D eigenvalue weighted by Crippen LogP contribution is -2.43. The van der Waals surface area contributed by atoms with E-state index in [2.05, 4.69) is 22.3 Å². The van der Waals surface area contributed by atoms with Crippen molar-refractivity contribution in [2.45, 2.75) is 32.4 Å². The summed E-state index contributed by atoms with van der Waals surface area (Å²) < 4.78 is 0. The summed E-state index contributed by atoms with van der Waals surface area (Å²) in [5, 5.41) is 2.88. The van der Waals surface area contributed by atoms with Crippen molar-refractivity contribution in [3.8, 4) is 0 Å². The Morgan fingerprint density at radius 3 is 2.60 bits per heavy atom. The summed E-state index contributed by atoms with van der Waals surface area (Å²) in [5.74, 6) is -0.0463. The van der Waals surface area contributed by atoms with E-state index in [1.165, 1.54) is 5.56 Å². The standard InChI is InChI=1S/C15H25N3O.ClH/c1-3-7-14(16)15(19)17-10-11-18(2)12-13-8-5-4-6-9-13;/h4-6,8-9,14H,3,7,10-12,16H2,1-2H3,(H,17,19);1H. The van der Waals surface area contributed by atoms with Gasteiger partial charge in [-0.15, -0.1) is 12.4 Å². The smallest absolute Gasteiger partial charge is 0.236 e. The SMILES string of the molecule is CCCC(N)C(=O)NCCN(C)Cc1ccccc1.Cl. The van der Waals surface area contributed by atoms with Gasteiger partial charge in [-0.25, -0.2) is 0 Å². The van der Waals surface area contributed by atoms with Gasteiger partial charge in [0.05, 0.1) is 6.04 Å². The summed E-state index contributed by atoms with van der Waals surface area (Å²) in [6, 6.07) is 9.92. The fraction of sp³-hybridized carbons (Fsp3) is 0.533. The van der Waals surface area contributed by atoms with Crippen molar-refractivity contribution in [1.29, 1.82) is 0 Å². The molecule has 0 fully saturated rings. The Bertz CT molecular complexity index is 373. The molecule has 1 atom stereocenters. The molecule has 20 heavy (non-hydrogen) atoms. The third-order valence-corrected chi connectivity index (χ3v) is 3.02. The van der Waals surface area contributed by atoms with Crippen LogP contribution in [-0.2, 0) is 11.3 Å². The summed E-state index contributed by atoms with van der Waals surface area (Å²) in [6.45, 7) is 4.37. The van der Waals surface area contributed by atoms with Crippen molar-refractivity contribution in [1.82, 2.24) is 10.2 Å². The van der Waals surface area contributed by atoms with Gasteiger partial charge in [-0.1, -0.05) is 43.7 Å². The van der Waals surface area contributed by atoms with Crippen molar-refractivity contribution in [3.05, 3.63) is 35.9 Å². The quantitative estimate of drug-likeness (QED) is 0.769. The molecule has 1 aromatic carbocycles. The van der Waals surface area contributed by atoms with Gasteiger partial charge in [-0.3, -0.25) is 4.79 Å². The zero-order valence-electron chi connectivity index (χ0n) is 12.3. The first-order valence-corrected chi connectivity index (χ1v) is 6.89. The molecular weight excluding hydrogens is 274 g/mol. The van der Waals surface area contributed by atoms with Gasteiger partial charge in [0.25, 0.3) is 0 Å². The highest BCUT2D eigenvalue weighted by molar-refractivity contribution is 5.85. The number of halogens is 1. The van der Waals surface area contributed by atoms with E-state index in [-0.39, 0.29) is 24.4 Å². The Morgan fingerprint density at radius 1 is 1.35 bits per heavy atom. The third-order valence-electron chi connectivity index (χ3n) is 3.02. The summed E-state index contributed by atoms with van der Waals surface area (Å²) in [4.78, 5) is 13.8. The second kappa shape index (κ2) is 10.7. The third kappa shape index (κ3) is 7.48. The topological polar surface area (TPSA) is 58.4 Å². The van der Waals surface area contributed by atoms with E-state index >= 15 is 0 Å². The van der Waals surface area contributed by atoms with Crippen LogP contribution in [0, 0.1) is 0 Å². The molecule has 0 heterocycles. The minimum Gasteiger partial charge on any atom is -0.353 e. The molecule has 0 spiro atoms. The molecule has 0 aliphatic rings. The van der Waals surface area contributed by atoms with Gasteiger partial charge in [0.1, 0.15) is 0 Å². The molecule has 0 saturated heterocycles. The lowest BCUT2D eigenvalue weighted by atomic mass is 10.2. The van der Waals surface area contributed by atoms with Crippen LogP contribution in [0.5, 0.6) is 0 Å². The highest BCUT2D eigenvalue weighted by Crippen LogP contribution is 2.01. The Balaban J connectivity index is 0.00000361. The Kier molecular flexibility index (Phi) is 10.1. The Labute approximate surface area is 128 Å². The fourth-order valence-electron chi connectivity index (χ4n) is 1.92. The Morgan fingerprint density at radius 2 is 2.00 bits per heavy atom. The number of carbonyl (C=O) groups is 1. The Hall–Kier alpha value is -1.10. The normalized spacial score (nSPS) is 11.8. The highest BCUT2D eigenvalue weighted by atomic mass is 35.5. The molecule has 1 unspecified atom stereocenters. The van der Waals surface area contributed by atoms with E-state index in [1.54, 1.807) is 0 Å². The van der Waals surface area contributed by atoms with Gasteiger partial charge in [0.2, 0.25) is 5.91 Å². The molecule has 4 nitrogen and oxygen atoms in total. The first-order chi connectivity index (χ1) is 9.13. The first-order valence-electron chi connectivity index (χ1n) is 6.89. The molecule has 1 amide bonds. The molecule has 1 aromatic rings. The summed E-state index contributed by atoms with van der Waals surface area (Å²) in [7, 11) is 2.05. The van der Waals surface area contributed by atoms with Gasteiger partial charge in [0, 0.05) is 19.6 Å². The minimum atomic E-state index is -0.371. The maximum absolute atomic E-state index is 11.6. The molecule has 114 valence electrons. The van der Waals surface area contributed by atoms with E-state index in [9.17, 15) is 4.79 Å². The van der Waals surface area contributed by atoms with E-state index in [4.69, 9.17) is 5.73 Å². The predicted octanol–water partition coefficient (Wildman–Crippen LogP) is 1.78. The maximum Gasteiger partial charge on any atom is 0.236 e. The molecule has 1 rings (SSSR count). The second-order valence-corrected chi connectivity index (χ2v) is 4.91. The lowest BCUT2D eigenvalue weighted by Gasteiger charge is -2.18. The number of carbonyl (C=O) groups excluding carboxylic acids is 1. The fourth-order valence-corrected chi connectivity index (χ4v) is 1.92. The molecule has 0 radical (unpaired) electrons. The van der Waals surface area contributed by atoms with Crippen molar-refractivity contribution < 1.29 is 4.79 Å². The van der Waals surface area contributed by atoms with Crippen LogP contribution in [0.2, 0.25) is 0 Å². The highest BCUT2D eigenvalue weighted by Gasteiger charge is 2.11. The van der Waals surface area contributed by atoms with Crippen LogP contribution in [0.15, 0.2) is 30.3 Å². The number of likely N-dealkylation sites (N-methyl/N-ethyl adjacent to an activating group) is 1. The van der Waals surface area contributed by atoms with Crippen LogP contribution in [0.25, 0.3) is 0 Å². The van der Waals surface area contributed by atoms with Gasteiger partial charge >= 0.3 is 0 Å². The summed E-state index contributed by atoms with van der Waals surface area (Å²) in [5.41, 5.74) is 7.02. The van der Waals surface area contributed by atoms with Gasteiger partial charge in [-0.05, 0) is 19.0 Å². The number of benzene rings is 1. The number of amides is 1. The average Bonchev–Trinajstić information content (AvgIpc) is 2.40. The van der Waals surface area contributed by atoms with Crippen molar-refractivity contribution >= 4 is 18.3 Å². The zero-order chi connectivity index (χ0) is 14.1. The molecule has 5 heteroatoms. The molecule has 0 aliphatic heterocycles. The van der Waals surface area contributed by atoms with Crippen LogP contribution in [-0.4, -0.2) is 37.0 Å². The van der Waals surface area contributed by atoms with Crippen LogP contribution >= 0.6 is 12.4 Å². The average molecular weight is 300 g/mol. The maximum atomic E-state index is 11.6. The molecule has 0 saturated carbocycles. The zero-order valence-corrected chi connectivity index (χ0v) is 13.2. The van der Waals surface area contributed by atoms with Crippen LogP contribution in [0.1, 0.15) is 25.3 Å². The first kappa shape index (κ1) is 18.9. The number of hydrogen-bond acceptors (Lipinski definition) is 3. The number of nitrogens with one attached hydrogen (secondary N) is 1. The van der Waals surface area contributed by atoms with Gasteiger partial charge in [-0.2, -0.15) is 0 Å². The number of rotatable bonds is 8. The summed E-state index contributed by atoms with van der Waals surface area (Å²) >= 11 is 0. The van der Waals surface area contributed by atoms with E-state index in [0.717, 1.165) is 25.9 Å². The monoisotopic (exact) mass is 299 g/mol. The lowest BCUT2D eigenvalue weighted by molar-refractivity contribution is -0.122. The van der Waals surface area contributed by atoms with E-state index in [1.807, 2.05) is 32.2 Å². The largest absolute Gasteiger partial charge is 0.353 e. The number of nitrogens with zero attached hydrogens (tertiary/aromatic N) is 1. The number of nitrogens with two attached hydrogens (primary N) is 1. The van der Waals surface area contributed by atoms with Crippen LogP contribution in [0.3, 0.4) is 0 Å². The molecule has 0 aliphatic carbocycles. The molecule has 3 N–H and O–H groups in total. The van der Waals surface area contributed by atoms with Crippen molar-refractivity contribution in [2.75, 3.05) is 20.1 Å². The molecule has 0 aromatic heterocycles. The summed E-state index contributed by atoms with van der Waals surface area (Å²) in [6.07, 6.45) is 1.67. The van der Waals surface area contributed by atoms with Crippen LogP contribution < -0.4 is 11.1 Å². The van der Waals surface area contributed by atoms with Gasteiger partial charge < -0.3 is 16.0 Å². The van der Waals surface area contributed by atoms with Crippen molar-refractivity contribution in [3.63, 3.8) is 0 Å². The number of hydrogen-bond donors (Lipinski definition) is 2. The predicted molar refractivity (Wildman–Crippen MR) is 85.9 cm³/mol. The molecule has 0 bridgehead atoms. The second-order valence-electron chi connectivity index (χ2n) is 4.91. The van der Waals surface area contributed by atoms with E-state index < -0.39 is 0 Å². The van der Waals surface area contributed by atoms with Crippen molar-refractivity contribution in [2.24, 2.45) is 5.73 Å².